The predicted octanol–water partition coefficient (Wildman–Crippen LogP) is 8.02. The van der Waals surface area contributed by atoms with Crippen LogP contribution in [0.4, 0.5) is 0 Å². The summed E-state index contributed by atoms with van der Waals surface area (Å²) in [4.78, 5) is 12.2. The maximum atomic E-state index is 9.85. The summed E-state index contributed by atoms with van der Waals surface area (Å²) in [5, 5.41) is 30.7. The fourth-order valence-corrected chi connectivity index (χ4v) is 4.19. The standard InChI is InChI=1S/C30H15Cl3N6/c31-28-7-25(13-37-16-28)22(10-34)4-19-1-20(5-23(11-35)26-8-29(32)17-38-14-26)3-21(2-19)6-24(12-36)27-9-30(33)18-39-15-27/h1-9,13-18H/b22-4+,23-5+,24-6+. The van der Waals surface area contributed by atoms with E-state index in [4.69, 9.17) is 34.8 Å². The van der Waals surface area contributed by atoms with Crippen LogP contribution in [0.1, 0.15) is 33.4 Å². The van der Waals surface area contributed by atoms with Crippen LogP contribution >= 0.6 is 34.8 Å². The fraction of sp³-hybridized carbons (Fsp3) is 0. The van der Waals surface area contributed by atoms with Gasteiger partial charge in [0.2, 0.25) is 0 Å². The van der Waals surface area contributed by atoms with E-state index in [1.165, 1.54) is 18.6 Å². The average molecular weight is 566 g/mol. The van der Waals surface area contributed by atoms with Gasteiger partial charge in [0.15, 0.2) is 0 Å². The Hall–Kier alpha value is -4.77. The molecule has 4 rings (SSSR count). The van der Waals surface area contributed by atoms with E-state index >= 15 is 0 Å². The largest absolute Gasteiger partial charge is 0.263 e. The number of nitrogens with zero attached hydrogens (tertiary/aromatic N) is 6. The van der Waals surface area contributed by atoms with E-state index in [9.17, 15) is 15.8 Å². The van der Waals surface area contributed by atoms with Crippen molar-refractivity contribution in [3.63, 3.8) is 0 Å². The molecule has 3 aromatic heterocycles. The minimum atomic E-state index is 0.333. The van der Waals surface area contributed by atoms with Gasteiger partial charge in [0.05, 0.1) is 50.0 Å². The zero-order chi connectivity index (χ0) is 27.8. The molecule has 39 heavy (non-hydrogen) atoms. The summed E-state index contributed by atoms with van der Waals surface area (Å²) in [5.74, 6) is 0. The molecule has 0 aliphatic heterocycles. The maximum Gasteiger partial charge on any atom is 0.0998 e. The third-order valence-electron chi connectivity index (χ3n) is 5.34. The molecule has 4 aromatic rings. The van der Waals surface area contributed by atoms with Gasteiger partial charge in [-0.05, 0) is 71.3 Å². The van der Waals surface area contributed by atoms with Crippen molar-refractivity contribution < 1.29 is 0 Å². The summed E-state index contributed by atoms with van der Waals surface area (Å²) in [6.45, 7) is 0. The Labute approximate surface area is 240 Å². The Morgan fingerprint density at radius 2 is 0.769 bits per heavy atom. The van der Waals surface area contributed by atoms with E-state index < -0.39 is 0 Å². The van der Waals surface area contributed by atoms with Gasteiger partial charge in [0, 0.05) is 53.9 Å². The molecule has 0 fully saturated rings. The summed E-state index contributed by atoms with van der Waals surface area (Å²) in [6.07, 6.45) is 14.1. The Bertz CT molecular complexity index is 1570. The number of nitriles is 3. The normalized spacial score (nSPS) is 11.8. The van der Waals surface area contributed by atoms with Crippen LogP contribution in [0.3, 0.4) is 0 Å². The summed E-state index contributed by atoms with van der Waals surface area (Å²) >= 11 is 18.2. The van der Waals surface area contributed by atoms with E-state index in [0.717, 1.165) is 0 Å². The first-order valence-electron chi connectivity index (χ1n) is 11.2. The monoisotopic (exact) mass is 564 g/mol. The minimum Gasteiger partial charge on any atom is -0.263 e. The first-order chi connectivity index (χ1) is 18.9. The minimum absolute atomic E-state index is 0.333. The Morgan fingerprint density at radius 1 is 0.487 bits per heavy atom. The third-order valence-corrected chi connectivity index (χ3v) is 5.96. The molecule has 0 bridgehead atoms. The molecular weight excluding hydrogens is 551 g/mol. The summed E-state index contributed by atoms with van der Waals surface area (Å²) in [6, 6.07) is 16.9. The molecule has 0 spiro atoms. The van der Waals surface area contributed by atoms with Crippen molar-refractivity contribution in [2.24, 2.45) is 0 Å². The van der Waals surface area contributed by atoms with Crippen LogP contribution in [0.15, 0.2) is 73.6 Å². The summed E-state index contributed by atoms with van der Waals surface area (Å²) in [7, 11) is 0. The lowest BCUT2D eigenvalue weighted by molar-refractivity contribution is 1.31. The van der Waals surface area contributed by atoms with E-state index in [-0.39, 0.29) is 0 Å². The van der Waals surface area contributed by atoms with Gasteiger partial charge in [-0.3, -0.25) is 15.0 Å². The number of aromatic nitrogens is 3. The second-order valence-corrected chi connectivity index (χ2v) is 9.43. The van der Waals surface area contributed by atoms with Crippen LogP contribution in [-0.2, 0) is 0 Å². The van der Waals surface area contributed by atoms with Gasteiger partial charge in [-0.25, -0.2) is 0 Å². The lowest BCUT2D eigenvalue weighted by atomic mass is 9.97. The highest BCUT2D eigenvalue weighted by atomic mass is 35.5. The van der Waals surface area contributed by atoms with Crippen molar-refractivity contribution in [1.82, 2.24) is 15.0 Å². The van der Waals surface area contributed by atoms with Gasteiger partial charge in [-0.1, -0.05) is 34.8 Å². The van der Waals surface area contributed by atoms with Crippen LogP contribution < -0.4 is 0 Å². The number of hydrogen-bond donors (Lipinski definition) is 0. The molecule has 9 heteroatoms. The Kier molecular flexibility index (Phi) is 8.85. The zero-order valence-electron chi connectivity index (χ0n) is 20.0. The highest BCUT2D eigenvalue weighted by molar-refractivity contribution is 6.31. The SMILES string of the molecule is N#C/C(=C\c1cc(/C=C(\C#N)c2cncc(Cl)c2)cc(/C=C(\C#N)c2cncc(Cl)c2)c1)c1cncc(Cl)c1. The first-order valence-corrected chi connectivity index (χ1v) is 12.3. The predicted molar refractivity (Wildman–Crippen MR) is 155 cm³/mol. The second-order valence-electron chi connectivity index (χ2n) is 8.12. The Morgan fingerprint density at radius 3 is 1.00 bits per heavy atom. The molecular formula is C30H15Cl3N6. The van der Waals surface area contributed by atoms with E-state index in [1.807, 2.05) is 18.2 Å². The van der Waals surface area contributed by atoms with Crippen LogP contribution in [0.5, 0.6) is 0 Å². The van der Waals surface area contributed by atoms with Crippen molar-refractivity contribution >= 4 is 69.8 Å². The third kappa shape index (κ3) is 7.17. The van der Waals surface area contributed by atoms with Crippen LogP contribution in [0, 0.1) is 34.0 Å². The van der Waals surface area contributed by atoms with Gasteiger partial charge in [-0.2, -0.15) is 15.8 Å². The molecule has 6 nitrogen and oxygen atoms in total. The van der Waals surface area contributed by atoms with Crippen LogP contribution in [-0.4, -0.2) is 15.0 Å². The number of halogens is 3. The lowest BCUT2D eigenvalue weighted by Gasteiger charge is -2.07. The highest BCUT2D eigenvalue weighted by Gasteiger charge is 2.09. The molecule has 0 saturated carbocycles. The molecule has 0 aliphatic rings. The van der Waals surface area contributed by atoms with Gasteiger partial charge in [0.25, 0.3) is 0 Å². The summed E-state index contributed by atoms with van der Waals surface area (Å²) < 4.78 is 0. The molecule has 1 aromatic carbocycles. The topological polar surface area (TPSA) is 110 Å². The molecule has 3 heterocycles. The number of rotatable bonds is 6. The Balaban J connectivity index is 1.90. The number of hydrogen-bond acceptors (Lipinski definition) is 6. The molecule has 0 aliphatic carbocycles. The number of pyridine rings is 3. The molecule has 0 amide bonds. The smallest absolute Gasteiger partial charge is 0.0998 e. The van der Waals surface area contributed by atoms with Crippen molar-refractivity contribution in [2.75, 3.05) is 0 Å². The average Bonchev–Trinajstić information content (AvgIpc) is 2.93. The molecule has 0 N–H and O–H groups in total. The van der Waals surface area contributed by atoms with Crippen molar-refractivity contribution in [2.45, 2.75) is 0 Å². The molecule has 0 saturated heterocycles. The highest BCUT2D eigenvalue weighted by Crippen LogP contribution is 2.27. The maximum absolute atomic E-state index is 9.85. The van der Waals surface area contributed by atoms with Gasteiger partial charge in [-0.15, -0.1) is 0 Å². The second kappa shape index (κ2) is 12.7. The van der Waals surface area contributed by atoms with Gasteiger partial charge >= 0.3 is 0 Å². The molecule has 0 unspecified atom stereocenters. The first kappa shape index (κ1) is 27.3. The van der Waals surface area contributed by atoms with Crippen molar-refractivity contribution in [1.29, 1.82) is 15.8 Å². The van der Waals surface area contributed by atoms with Crippen LogP contribution in [0.2, 0.25) is 15.1 Å². The van der Waals surface area contributed by atoms with E-state index in [1.54, 1.807) is 55.0 Å². The van der Waals surface area contributed by atoms with Crippen molar-refractivity contribution in [3.8, 4) is 18.2 Å². The van der Waals surface area contributed by atoms with Gasteiger partial charge < -0.3 is 0 Å². The zero-order valence-corrected chi connectivity index (χ0v) is 22.2. The lowest BCUT2D eigenvalue weighted by Crippen LogP contribution is -1.89. The molecule has 186 valence electrons. The van der Waals surface area contributed by atoms with Crippen LogP contribution in [0.25, 0.3) is 34.9 Å². The quantitative estimate of drug-likeness (QED) is 0.219. The summed E-state index contributed by atoms with van der Waals surface area (Å²) in [5.41, 5.74) is 4.59. The van der Waals surface area contributed by atoms with E-state index in [0.29, 0.717) is 65.2 Å². The van der Waals surface area contributed by atoms with E-state index in [2.05, 4.69) is 33.2 Å². The molecule has 0 radical (unpaired) electrons. The fourth-order valence-electron chi connectivity index (χ4n) is 3.67. The number of benzene rings is 1. The molecule has 0 atom stereocenters. The number of allylic oxidation sites excluding steroid dienone is 3. The van der Waals surface area contributed by atoms with Crippen molar-refractivity contribution in [3.05, 3.63) is 122 Å². The van der Waals surface area contributed by atoms with Gasteiger partial charge in [0.1, 0.15) is 0 Å².